The summed E-state index contributed by atoms with van der Waals surface area (Å²) in [5.74, 6) is 1.00. The zero-order valence-electron chi connectivity index (χ0n) is 12.7. The van der Waals surface area contributed by atoms with E-state index in [-0.39, 0.29) is 5.91 Å². The number of carbonyl (C=O) groups excluding carboxylic acids is 1. The van der Waals surface area contributed by atoms with Crippen molar-refractivity contribution >= 4 is 5.91 Å². The Kier molecular flexibility index (Phi) is 8.02. The molecule has 1 saturated heterocycles. The van der Waals surface area contributed by atoms with E-state index in [9.17, 15) is 4.79 Å². The summed E-state index contributed by atoms with van der Waals surface area (Å²) in [5.41, 5.74) is 0. The summed E-state index contributed by atoms with van der Waals surface area (Å²) in [6.45, 7) is 5.96. The molecule has 1 rings (SSSR count). The Bertz CT molecular complexity index is 251. The summed E-state index contributed by atoms with van der Waals surface area (Å²) in [4.78, 5) is 15.6. The first-order valence-electron chi connectivity index (χ1n) is 7.25. The molecule has 0 bridgehead atoms. The highest BCUT2D eigenvalue weighted by atomic mass is 16.5. The molecule has 1 heterocycles. The normalized spacial score (nSPS) is 17.6. The van der Waals surface area contributed by atoms with Crippen LogP contribution in [0.1, 0.15) is 19.3 Å². The molecule has 0 spiro atoms. The Morgan fingerprint density at radius 1 is 1.37 bits per heavy atom. The van der Waals surface area contributed by atoms with Crippen LogP contribution in [0.15, 0.2) is 0 Å². The van der Waals surface area contributed by atoms with Gasteiger partial charge in [-0.15, -0.1) is 0 Å². The van der Waals surface area contributed by atoms with E-state index in [4.69, 9.17) is 4.74 Å². The van der Waals surface area contributed by atoms with Crippen molar-refractivity contribution in [2.24, 2.45) is 5.92 Å². The van der Waals surface area contributed by atoms with Crippen LogP contribution < -0.4 is 5.32 Å². The topological polar surface area (TPSA) is 44.8 Å². The average Bonchev–Trinajstić information content (AvgIpc) is 2.42. The summed E-state index contributed by atoms with van der Waals surface area (Å²) in [7, 11) is 5.37. The number of amides is 1. The minimum Gasteiger partial charge on any atom is -0.383 e. The van der Waals surface area contributed by atoms with Crippen molar-refractivity contribution in [2.45, 2.75) is 19.3 Å². The Morgan fingerprint density at radius 3 is 2.63 bits per heavy atom. The van der Waals surface area contributed by atoms with Gasteiger partial charge in [0.05, 0.1) is 6.61 Å². The van der Waals surface area contributed by atoms with Crippen molar-refractivity contribution in [3.05, 3.63) is 0 Å². The number of piperidine rings is 1. The van der Waals surface area contributed by atoms with Crippen molar-refractivity contribution in [1.29, 1.82) is 0 Å². The van der Waals surface area contributed by atoms with Crippen LogP contribution in [0.2, 0.25) is 0 Å². The monoisotopic (exact) mass is 271 g/mol. The lowest BCUT2D eigenvalue weighted by molar-refractivity contribution is -0.129. The molecule has 1 fully saturated rings. The molecule has 0 aliphatic carbocycles. The Balaban J connectivity index is 2.06. The van der Waals surface area contributed by atoms with Gasteiger partial charge in [-0.3, -0.25) is 4.79 Å². The van der Waals surface area contributed by atoms with Crippen molar-refractivity contribution in [3.63, 3.8) is 0 Å². The fourth-order valence-electron chi connectivity index (χ4n) is 2.37. The fourth-order valence-corrected chi connectivity index (χ4v) is 2.37. The predicted octanol–water partition coefficient (Wildman–Crippen LogP) is 0.413. The van der Waals surface area contributed by atoms with Crippen LogP contribution in [0.5, 0.6) is 0 Å². The highest BCUT2D eigenvalue weighted by Gasteiger charge is 2.19. The van der Waals surface area contributed by atoms with E-state index in [0.29, 0.717) is 6.42 Å². The quantitative estimate of drug-likeness (QED) is 0.650. The van der Waals surface area contributed by atoms with Gasteiger partial charge in [-0.05, 0) is 38.4 Å². The molecule has 5 nitrogen and oxygen atoms in total. The van der Waals surface area contributed by atoms with Gasteiger partial charge in [0.1, 0.15) is 0 Å². The summed E-state index contributed by atoms with van der Waals surface area (Å²) in [6, 6.07) is 0. The second kappa shape index (κ2) is 9.28. The molecule has 112 valence electrons. The predicted molar refractivity (Wildman–Crippen MR) is 77.2 cm³/mol. The maximum absolute atomic E-state index is 11.5. The summed E-state index contributed by atoms with van der Waals surface area (Å²) < 4.78 is 5.02. The molecule has 0 radical (unpaired) electrons. The molecule has 0 saturated carbocycles. The lowest BCUT2D eigenvalue weighted by atomic mass is 9.96. The summed E-state index contributed by atoms with van der Waals surface area (Å²) >= 11 is 0. The lowest BCUT2D eigenvalue weighted by Gasteiger charge is -2.32. The number of carbonyl (C=O) groups is 1. The van der Waals surface area contributed by atoms with E-state index >= 15 is 0 Å². The van der Waals surface area contributed by atoms with Crippen LogP contribution in [-0.2, 0) is 9.53 Å². The number of hydrogen-bond acceptors (Lipinski definition) is 4. The third-order valence-corrected chi connectivity index (χ3v) is 3.76. The lowest BCUT2D eigenvalue weighted by Crippen LogP contribution is -2.39. The SMILES string of the molecule is COCCNCC1CCN(CCC(=O)N(C)C)CC1. The van der Waals surface area contributed by atoms with Crippen LogP contribution in [0.4, 0.5) is 0 Å². The van der Waals surface area contributed by atoms with Gasteiger partial charge in [-0.1, -0.05) is 0 Å². The molecule has 0 aromatic carbocycles. The standard InChI is InChI=1S/C14H29N3O2/c1-16(2)14(18)6-10-17-8-4-13(5-9-17)12-15-7-11-19-3/h13,15H,4-12H2,1-3H3. The molecule has 1 amide bonds. The Hall–Kier alpha value is -0.650. The molecule has 1 aliphatic rings. The number of nitrogens with zero attached hydrogens (tertiary/aromatic N) is 2. The number of likely N-dealkylation sites (tertiary alicyclic amines) is 1. The molecule has 5 heteroatoms. The van der Waals surface area contributed by atoms with Gasteiger partial charge in [0.2, 0.25) is 5.91 Å². The maximum atomic E-state index is 11.5. The van der Waals surface area contributed by atoms with Crippen molar-refractivity contribution in [1.82, 2.24) is 15.1 Å². The van der Waals surface area contributed by atoms with Crippen LogP contribution in [-0.4, -0.2) is 76.2 Å². The zero-order chi connectivity index (χ0) is 14.1. The Morgan fingerprint density at radius 2 is 2.05 bits per heavy atom. The van der Waals surface area contributed by atoms with Crippen molar-refractivity contribution in [3.8, 4) is 0 Å². The van der Waals surface area contributed by atoms with Gasteiger partial charge in [0.15, 0.2) is 0 Å². The van der Waals surface area contributed by atoms with Gasteiger partial charge in [-0.25, -0.2) is 0 Å². The van der Waals surface area contributed by atoms with Crippen molar-refractivity contribution < 1.29 is 9.53 Å². The van der Waals surface area contributed by atoms with E-state index in [1.807, 2.05) is 14.1 Å². The van der Waals surface area contributed by atoms with Crippen LogP contribution in [0, 0.1) is 5.92 Å². The van der Waals surface area contributed by atoms with Gasteiger partial charge in [0.25, 0.3) is 0 Å². The Labute approximate surface area is 117 Å². The number of rotatable bonds is 8. The largest absolute Gasteiger partial charge is 0.383 e. The number of ether oxygens (including phenoxy) is 1. The third-order valence-electron chi connectivity index (χ3n) is 3.76. The molecular formula is C14H29N3O2. The number of nitrogens with one attached hydrogen (secondary N) is 1. The molecule has 1 aliphatic heterocycles. The summed E-state index contributed by atoms with van der Waals surface area (Å²) in [5, 5.41) is 3.43. The highest BCUT2D eigenvalue weighted by molar-refractivity contribution is 5.75. The molecule has 0 aromatic heterocycles. The molecule has 0 aromatic rings. The first-order chi connectivity index (χ1) is 9.13. The third kappa shape index (κ3) is 6.89. The molecule has 1 N–H and O–H groups in total. The second-order valence-electron chi connectivity index (χ2n) is 5.52. The summed E-state index contributed by atoms with van der Waals surface area (Å²) in [6.07, 6.45) is 3.11. The molecule has 0 atom stereocenters. The van der Waals surface area contributed by atoms with Crippen molar-refractivity contribution in [2.75, 3.05) is 60.5 Å². The zero-order valence-corrected chi connectivity index (χ0v) is 12.7. The van der Waals surface area contributed by atoms with Gasteiger partial charge in [0, 0.05) is 40.7 Å². The van der Waals surface area contributed by atoms with E-state index in [0.717, 1.165) is 45.2 Å². The minimum absolute atomic E-state index is 0.225. The van der Waals surface area contributed by atoms with Crippen LogP contribution in [0.3, 0.4) is 0 Å². The first kappa shape index (κ1) is 16.4. The smallest absolute Gasteiger partial charge is 0.223 e. The van der Waals surface area contributed by atoms with Crippen LogP contribution >= 0.6 is 0 Å². The fraction of sp³-hybridized carbons (Fsp3) is 0.929. The number of hydrogen-bond donors (Lipinski definition) is 1. The van der Waals surface area contributed by atoms with Crippen LogP contribution in [0.25, 0.3) is 0 Å². The minimum atomic E-state index is 0.225. The highest BCUT2D eigenvalue weighted by Crippen LogP contribution is 2.16. The van der Waals surface area contributed by atoms with E-state index in [1.54, 1.807) is 12.0 Å². The molecule has 19 heavy (non-hydrogen) atoms. The van der Waals surface area contributed by atoms with E-state index < -0.39 is 0 Å². The second-order valence-corrected chi connectivity index (χ2v) is 5.52. The van der Waals surface area contributed by atoms with E-state index in [1.165, 1.54) is 12.8 Å². The van der Waals surface area contributed by atoms with Gasteiger partial charge in [-0.2, -0.15) is 0 Å². The van der Waals surface area contributed by atoms with E-state index in [2.05, 4.69) is 10.2 Å². The first-order valence-corrected chi connectivity index (χ1v) is 7.25. The maximum Gasteiger partial charge on any atom is 0.223 e. The average molecular weight is 271 g/mol. The molecule has 0 unspecified atom stereocenters. The molecular weight excluding hydrogens is 242 g/mol. The van der Waals surface area contributed by atoms with Gasteiger partial charge < -0.3 is 19.9 Å². The number of methoxy groups -OCH3 is 1. The van der Waals surface area contributed by atoms with Gasteiger partial charge >= 0.3 is 0 Å².